The minimum absolute atomic E-state index is 0.0361. The molecule has 3 N–H and O–H groups in total. The molecule has 1 fully saturated rings. The Hall–Kier alpha value is -1.14. The zero-order valence-electron chi connectivity index (χ0n) is 9.89. The van der Waals surface area contributed by atoms with Gasteiger partial charge in [-0.3, -0.25) is 4.79 Å². The van der Waals surface area contributed by atoms with E-state index in [1.54, 1.807) is 13.0 Å². The topological polar surface area (TPSA) is 61.4 Å². The van der Waals surface area contributed by atoms with Crippen molar-refractivity contribution in [1.82, 2.24) is 5.32 Å². The number of aliphatic carboxylic acids is 1. The van der Waals surface area contributed by atoms with E-state index in [9.17, 15) is 9.18 Å². The molecule has 1 heterocycles. The first-order valence-electron chi connectivity index (χ1n) is 5.58. The molecule has 18 heavy (non-hydrogen) atoms. The smallest absolute Gasteiger partial charge is 0.305 e. The van der Waals surface area contributed by atoms with Crippen LogP contribution in [0.2, 0.25) is 0 Å². The molecule has 0 unspecified atom stereocenters. The van der Waals surface area contributed by atoms with E-state index < -0.39 is 11.5 Å². The van der Waals surface area contributed by atoms with E-state index in [0.29, 0.717) is 17.6 Å². The normalized spacial score (nSPS) is 17.1. The van der Waals surface area contributed by atoms with E-state index in [1.807, 2.05) is 0 Å². The van der Waals surface area contributed by atoms with Crippen molar-refractivity contribution >= 4 is 27.6 Å². The first kappa shape index (κ1) is 13.3. The van der Waals surface area contributed by atoms with Gasteiger partial charge in [0, 0.05) is 18.8 Å². The molecular weight excluding hydrogens is 303 g/mol. The fraction of sp³-hybridized carbons (Fsp3) is 0.417. The monoisotopic (exact) mass is 316 g/mol. The Bertz CT molecular complexity index is 489. The minimum Gasteiger partial charge on any atom is -0.481 e. The maximum Gasteiger partial charge on any atom is 0.305 e. The lowest BCUT2D eigenvalue weighted by Crippen LogP contribution is -2.65. The molecule has 0 saturated carbocycles. The summed E-state index contributed by atoms with van der Waals surface area (Å²) in [6.45, 7) is 2.97. The SMILES string of the molecule is Cc1cc(F)c(Br)cc1NC1(CC(=O)O)CNC1. The number of carboxylic acid groups (broad SMARTS) is 1. The highest BCUT2D eigenvalue weighted by Crippen LogP contribution is 2.29. The van der Waals surface area contributed by atoms with Crippen molar-refractivity contribution < 1.29 is 14.3 Å². The predicted octanol–water partition coefficient (Wildman–Crippen LogP) is 2.13. The summed E-state index contributed by atoms with van der Waals surface area (Å²) < 4.78 is 13.7. The lowest BCUT2D eigenvalue weighted by atomic mass is 9.88. The quantitative estimate of drug-likeness (QED) is 0.796. The third-order valence-electron chi connectivity index (χ3n) is 3.08. The molecule has 98 valence electrons. The molecule has 0 aromatic heterocycles. The van der Waals surface area contributed by atoms with E-state index in [0.717, 1.165) is 11.3 Å². The molecule has 6 heteroatoms. The van der Waals surface area contributed by atoms with Gasteiger partial charge in [0.1, 0.15) is 5.82 Å². The Morgan fingerprint density at radius 1 is 1.61 bits per heavy atom. The molecule has 0 spiro atoms. The Morgan fingerprint density at radius 3 is 2.78 bits per heavy atom. The minimum atomic E-state index is -0.845. The van der Waals surface area contributed by atoms with E-state index in [2.05, 4.69) is 26.6 Å². The van der Waals surface area contributed by atoms with Gasteiger partial charge in [-0.05, 0) is 40.5 Å². The number of rotatable bonds is 4. The second-order valence-electron chi connectivity index (χ2n) is 4.66. The fourth-order valence-electron chi connectivity index (χ4n) is 2.04. The molecule has 1 aliphatic heterocycles. The Labute approximate surface area is 113 Å². The van der Waals surface area contributed by atoms with Gasteiger partial charge in [0.05, 0.1) is 16.4 Å². The van der Waals surface area contributed by atoms with Crippen LogP contribution in [-0.2, 0) is 4.79 Å². The number of benzene rings is 1. The van der Waals surface area contributed by atoms with Crippen molar-refractivity contribution in [3.05, 3.63) is 28.0 Å². The van der Waals surface area contributed by atoms with E-state index in [4.69, 9.17) is 5.11 Å². The molecule has 0 amide bonds. The van der Waals surface area contributed by atoms with Crippen LogP contribution in [0.1, 0.15) is 12.0 Å². The third kappa shape index (κ3) is 2.64. The van der Waals surface area contributed by atoms with Gasteiger partial charge >= 0.3 is 5.97 Å². The van der Waals surface area contributed by atoms with E-state index in [1.165, 1.54) is 6.07 Å². The van der Waals surface area contributed by atoms with Gasteiger partial charge in [-0.15, -0.1) is 0 Å². The van der Waals surface area contributed by atoms with Crippen molar-refractivity contribution in [3.8, 4) is 0 Å². The molecule has 1 aromatic carbocycles. The van der Waals surface area contributed by atoms with Crippen molar-refractivity contribution in [1.29, 1.82) is 0 Å². The molecule has 1 aliphatic rings. The number of hydrogen-bond acceptors (Lipinski definition) is 3. The van der Waals surface area contributed by atoms with Crippen LogP contribution < -0.4 is 10.6 Å². The standard InChI is InChI=1S/C12H14BrFN2O2/c1-7-2-9(14)8(13)3-10(7)16-12(4-11(17)18)5-15-6-12/h2-3,15-16H,4-6H2,1H3,(H,17,18). The fourth-order valence-corrected chi connectivity index (χ4v) is 2.38. The van der Waals surface area contributed by atoms with Crippen LogP contribution in [0.4, 0.5) is 10.1 Å². The Balaban J connectivity index is 2.22. The molecule has 1 aromatic rings. The Morgan fingerprint density at radius 2 is 2.28 bits per heavy atom. The highest BCUT2D eigenvalue weighted by atomic mass is 79.9. The van der Waals surface area contributed by atoms with Gasteiger partial charge in [0.2, 0.25) is 0 Å². The van der Waals surface area contributed by atoms with Gasteiger partial charge in [-0.25, -0.2) is 4.39 Å². The molecule has 1 saturated heterocycles. The van der Waals surface area contributed by atoms with Gasteiger partial charge in [-0.2, -0.15) is 0 Å². The average Bonchev–Trinajstić information content (AvgIpc) is 2.22. The van der Waals surface area contributed by atoms with Gasteiger partial charge in [0.15, 0.2) is 0 Å². The molecule has 4 nitrogen and oxygen atoms in total. The third-order valence-corrected chi connectivity index (χ3v) is 3.69. The second kappa shape index (κ2) is 4.85. The number of anilines is 1. The van der Waals surface area contributed by atoms with Crippen molar-refractivity contribution in [2.45, 2.75) is 18.9 Å². The predicted molar refractivity (Wildman–Crippen MR) is 70.3 cm³/mol. The summed E-state index contributed by atoms with van der Waals surface area (Å²) in [5.41, 5.74) is 1.03. The number of halogens is 2. The highest BCUT2D eigenvalue weighted by Gasteiger charge is 2.39. The largest absolute Gasteiger partial charge is 0.481 e. The Kier molecular flexibility index (Phi) is 3.59. The van der Waals surface area contributed by atoms with Crippen LogP contribution in [0.5, 0.6) is 0 Å². The van der Waals surface area contributed by atoms with Gasteiger partial charge in [0.25, 0.3) is 0 Å². The zero-order chi connectivity index (χ0) is 13.3. The summed E-state index contributed by atoms with van der Waals surface area (Å²) in [7, 11) is 0. The first-order valence-corrected chi connectivity index (χ1v) is 6.37. The number of hydrogen-bond donors (Lipinski definition) is 3. The van der Waals surface area contributed by atoms with Crippen LogP contribution in [0.15, 0.2) is 16.6 Å². The van der Waals surface area contributed by atoms with Crippen LogP contribution in [-0.4, -0.2) is 29.7 Å². The maximum absolute atomic E-state index is 13.3. The van der Waals surface area contributed by atoms with Crippen LogP contribution in [0.3, 0.4) is 0 Å². The molecule has 0 atom stereocenters. The van der Waals surface area contributed by atoms with Crippen molar-refractivity contribution in [2.75, 3.05) is 18.4 Å². The summed E-state index contributed by atoms with van der Waals surface area (Å²) >= 11 is 3.13. The van der Waals surface area contributed by atoms with Crippen LogP contribution in [0, 0.1) is 12.7 Å². The van der Waals surface area contributed by atoms with Crippen LogP contribution >= 0.6 is 15.9 Å². The molecule has 2 rings (SSSR count). The number of nitrogens with one attached hydrogen (secondary N) is 2. The van der Waals surface area contributed by atoms with Crippen molar-refractivity contribution in [2.24, 2.45) is 0 Å². The van der Waals surface area contributed by atoms with E-state index in [-0.39, 0.29) is 12.2 Å². The molecule has 0 bridgehead atoms. The number of carboxylic acids is 1. The second-order valence-corrected chi connectivity index (χ2v) is 5.51. The number of aryl methyl sites for hydroxylation is 1. The van der Waals surface area contributed by atoms with Gasteiger partial charge in [-0.1, -0.05) is 0 Å². The maximum atomic E-state index is 13.3. The lowest BCUT2D eigenvalue weighted by Gasteiger charge is -2.43. The summed E-state index contributed by atoms with van der Waals surface area (Å²) in [5, 5.41) is 15.2. The molecule has 0 aliphatic carbocycles. The lowest BCUT2D eigenvalue weighted by molar-refractivity contribution is -0.138. The molecule has 0 radical (unpaired) electrons. The summed E-state index contributed by atoms with van der Waals surface area (Å²) in [6.07, 6.45) is 0.0361. The first-order chi connectivity index (χ1) is 8.42. The number of carbonyl (C=O) groups is 1. The van der Waals surface area contributed by atoms with Crippen LogP contribution in [0.25, 0.3) is 0 Å². The summed E-state index contributed by atoms with van der Waals surface area (Å²) in [4.78, 5) is 10.9. The zero-order valence-corrected chi connectivity index (χ0v) is 11.5. The average molecular weight is 317 g/mol. The van der Waals surface area contributed by atoms with Crippen molar-refractivity contribution in [3.63, 3.8) is 0 Å². The van der Waals surface area contributed by atoms with Gasteiger partial charge < -0.3 is 15.7 Å². The van der Waals surface area contributed by atoms with E-state index >= 15 is 0 Å². The molecular formula is C12H14BrFN2O2. The summed E-state index contributed by atoms with van der Waals surface area (Å²) in [5.74, 6) is -1.17. The highest BCUT2D eigenvalue weighted by molar-refractivity contribution is 9.10. The summed E-state index contributed by atoms with van der Waals surface area (Å²) in [6, 6.07) is 3.07.